The third-order valence-electron chi connectivity index (χ3n) is 2.10. The summed E-state index contributed by atoms with van der Waals surface area (Å²) in [7, 11) is 0. The normalized spacial score (nSPS) is 12.9. The second-order valence-electron chi connectivity index (χ2n) is 4.32. The van der Waals surface area contributed by atoms with Crippen molar-refractivity contribution < 1.29 is 0 Å². The minimum absolute atomic E-state index is 0.00622. The van der Waals surface area contributed by atoms with Crippen molar-refractivity contribution in [2.24, 2.45) is 16.4 Å². The number of hydrogen-bond donors (Lipinski definition) is 1. The fourth-order valence-corrected chi connectivity index (χ4v) is 1.18. The largest absolute Gasteiger partial charge is 0.323 e. The summed E-state index contributed by atoms with van der Waals surface area (Å²) in [6, 6.07) is 5.86. The Labute approximate surface area is 85.0 Å². The van der Waals surface area contributed by atoms with Crippen LogP contribution in [-0.4, -0.2) is 10.7 Å². The molecule has 1 rings (SSSR count). The zero-order chi connectivity index (χ0) is 10.6. The molecule has 0 atom stereocenters. The first-order valence-corrected chi connectivity index (χ1v) is 4.71. The van der Waals surface area contributed by atoms with Crippen molar-refractivity contribution in [2.45, 2.75) is 27.2 Å². The second-order valence-corrected chi connectivity index (χ2v) is 4.32. The van der Waals surface area contributed by atoms with Gasteiger partial charge >= 0.3 is 0 Å². The smallest absolute Gasteiger partial charge is 0.0488 e. The number of nitrogens with two attached hydrogens (primary N) is 1. The molecular weight excluding hydrogens is 174 g/mol. The van der Waals surface area contributed by atoms with Crippen LogP contribution in [0.2, 0.25) is 0 Å². The predicted molar refractivity (Wildman–Crippen MR) is 59.0 cm³/mol. The van der Waals surface area contributed by atoms with E-state index in [2.05, 4.69) is 30.9 Å². The molecule has 14 heavy (non-hydrogen) atoms. The van der Waals surface area contributed by atoms with Crippen LogP contribution in [-0.2, 0) is 6.42 Å². The molecule has 0 unspecified atom stereocenters. The third kappa shape index (κ3) is 2.83. The Morgan fingerprint density at radius 2 is 2.14 bits per heavy atom. The van der Waals surface area contributed by atoms with Crippen LogP contribution in [0.4, 0.5) is 0 Å². The van der Waals surface area contributed by atoms with Gasteiger partial charge < -0.3 is 5.84 Å². The number of hydrogen-bond acceptors (Lipinski definition) is 3. The average molecular weight is 191 g/mol. The van der Waals surface area contributed by atoms with Crippen LogP contribution < -0.4 is 5.84 Å². The SMILES string of the molecule is CC(C)(C)C(Cc1ccccn1)=NN. The van der Waals surface area contributed by atoms with Crippen molar-refractivity contribution in [3.05, 3.63) is 30.1 Å². The zero-order valence-corrected chi connectivity index (χ0v) is 8.99. The van der Waals surface area contributed by atoms with Gasteiger partial charge in [-0.25, -0.2) is 0 Å². The van der Waals surface area contributed by atoms with E-state index in [-0.39, 0.29) is 5.41 Å². The molecule has 1 heterocycles. The Balaban J connectivity index is 2.78. The molecule has 0 fully saturated rings. The van der Waals surface area contributed by atoms with E-state index in [0.717, 1.165) is 17.8 Å². The summed E-state index contributed by atoms with van der Waals surface area (Å²) in [5, 5.41) is 3.83. The summed E-state index contributed by atoms with van der Waals surface area (Å²) in [5.41, 5.74) is 1.98. The molecule has 76 valence electrons. The van der Waals surface area contributed by atoms with Gasteiger partial charge in [-0.15, -0.1) is 0 Å². The molecule has 0 aromatic carbocycles. The van der Waals surface area contributed by atoms with E-state index >= 15 is 0 Å². The van der Waals surface area contributed by atoms with Gasteiger partial charge in [-0.3, -0.25) is 4.98 Å². The topological polar surface area (TPSA) is 51.3 Å². The third-order valence-corrected chi connectivity index (χ3v) is 2.10. The molecule has 3 heteroatoms. The van der Waals surface area contributed by atoms with E-state index < -0.39 is 0 Å². The zero-order valence-electron chi connectivity index (χ0n) is 8.99. The molecule has 1 aromatic heterocycles. The van der Waals surface area contributed by atoms with Crippen LogP contribution in [0.3, 0.4) is 0 Å². The van der Waals surface area contributed by atoms with E-state index in [0.29, 0.717) is 0 Å². The molecule has 0 spiro atoms. The summed E-state index contributed by atoms with van der Waals surface area (Å²) in [6.45, 7) is 6.30. The van der Waals surface area contributed by atoms with E-state index in [1.54, 1.807) is 6.20 Å². The van der Waals surface area contributed by atoms with Gasteiger partial charge in [-0.2, -0.15) is 5.10 Å². The Kier molecular flexibility index (Phi) is 3.23. The lowest BCUT2D eigenvalue weighted by atomic mass is 9.87. The quantitative estimate of drug-likeness (QED) is 0.441. The van der Waals surface area contributed by atoms with Crippen LogP contribution >= 0.6 is 0 Å². The highest BCUT2D eigenvalue weighted by Gasteiger charge is 2.19. The van der Waals surface area contributed by atoms with E-state index in [1.807, 2.05) is 18.2 Å². The molecule has 3 nitrogen and oxygen atoms in total. The maximum atomic E-state index is 5.37. The van der Waals surface area contributed by atoms with Crippen molar-refractivity contribution >= 4 is 5.71 Å². The summed E-state index contributed by atoms with van der Waals surface area (Å²) in [4.78, 5) is 4.24. The number of rotatable bonds is 2. The molecule has 0 radical (unpaired) electrons. The van der Waals surface area contributed by atoms with Crippen molar-refractivity contribution in [3.63, 3.8) is 0 Å². The standard InChI is InChI=1S/C11H17N3/c1-11(2,3)10(14-12)8-9-6-4-5-7-13-9/h4-7H,8,12H2,1-3H3. The lowest BCUT2D eigenvalue weighted by Crippen LogP contribution is -2.24. The molecule has 0 bridgehead atoms. The molecule has 0 aliphatic rings. The summed E-state index contributed by atoms with van der Waals surface area (Å²) in [6.07, 6.45) is 2.51. The first kappa shape index (κ1) is 10.7. The number of aromatic nitrogens is 1. The van der Waals surface area contributed by atoms with Gasteiger partial charge in [0.1, 0.15) is 0 Å². The maximum absolute atomic E-state index is 5.37. The fraction of sp³-hybridized carbons (Fsp3) is 0.455. The molecule has 0 aliphatic carbocycles. The van der Waals surface area contributed by atoms with Crippen LogP contribution in [0.1, 0.15) is 26.5 Å². The van der Waals surface area contributed by atoms with Crippen molar-refractivity contribution in [1.29, 1.82) is 0 Å². The van der Waals surface area contributed by atoms with Gasteiger partial charge in [0, 0.05) is 29.4 Å². The minimum Gasteiger partial charge on any atom is -0.323 e. The summed E-state index contributed by atoms with van der Waals surface area (Å²) in [5.74, 6) is 5.37. The average Bonchev–Trinajstić information content (AvgIpc) is 2.14. The summed E-state index contributed by atoms with van der Waals surface area (Å²) >= 11 is 0. The molecule has 0 amide bonds. The summed E-state index contributed by atoms with van der Waals surface area (Å²) < 4.78 is 0. The van der Waals surface area contributed by atoms with Gasteiger partial charge in [0.05, 0.1) is 0 Å². The van der Waals surface area contributed by atoms with E-state index in [1.165, 1.54) is 0 Å². The highest BCUT2D eigenvalue weighted by molar-refractivity contribution is 5.90. The molecule has 0 saturated heterocycles. The van der Waals surface area contributed by atoms with Gasteiger partial charge in [-0.05, 0) is 12.1 Å². The van der Waals surface area contributed by atoms with E-state index in [9.17, 15) is 0 Å². The Morgan fingerprint density at radius 1 is 1.43 bits per heavy atom. The van der Waals surface area contributed by atoms with Crippen LogP contribution in [0.5, 0.6) is 0 Å². The lowest BCUT2D eigenvalue weighted by Gasteiger charge is -2.20. The minimum atomic E-state index is 0.00622. The Morgan fingerprint density at radius 3 is 2.57 bits per heavy atom. The van der Waals surface area contributed by atoms with E-state index in [4.69, 9.17) is 5.84 Å². The maximum Gasteiger partial charge on any atom is 0.0488 e. The van der Waals surface area contributed by atoms with Gasteiger partial charge in [0.15, 0.2) is 0 Å². The highest BCUT2D eigenvalue weighted by Crippen LogP contribution is 2.18. The first-order chi connectivity index (χ1) is 6.54. The van der Waals surface area contributed by atoms with Crippen LogP contribution in [0.25, 0.3) is 0 Å². The van der Waals surface area contributed by atoms with Gasteiger partial charge in [0.25, 0.3) is 0 Å². The lowest BCUT2D eigenvalue weighted by molar-refractivity contribution is 0.578. The Hall–Kier alpha value is -1.38. The molecule has 0 aliphatic heterocycles. The Bertz CT molecular complexity index is 309. The van der Waals surface area contributed by atoms with Gasteiger partial charge in [0.2, 0.25) is 0 Å². The number of hydrazone groups is 1. The van der Waals surface area contributed by atoms with Gasteiger partial charge in [-0.1, -0.05) is 26.8 Å². The highest BCUT2D eigenvalue weighted by atomic mass is 15.1. The second kappa shape index (κ2) is 4.22. The van der Waals surface area contributed by atoms with Crippen molar-refractivity contribution in [2.75, 3.05) is 0 Å². The van der Waals surface area contributed by atoms with Crippen LogP contribution in [0, 0.1) is 5.41 Å². The number of nitrogens with zero attached hydrogens (tertiary/aromatic N) is 2. The predicted octanol–water partition coefficient (Wildman–Crippen LogP) is 1.98. The first-order valence-electron chi connectivity index (χ1n) is 4.71. The molecule has 0 saturated carbocycles. The number of pyridine rings is 1. The monoisotopic (exact) mass is 191 g/mol. The molecular formula is C11H17N3. The molecule has 2 N–H and O–H groups in total. The molecule has 1 aromatic rings. The van der Waals surface area contributed by atoms with Crippen molar-refractivity contribution in [1.82, 2.24) is 4.98 Å². The van der Waals surface area contributed by atoms with Crippen molar-refractivity contribution in [3.8, 4) is 0 Å². The van der Waals surface area contributed by atoms with Crippen LogP contribution in [0.15, 0.2) is 29.5 Å². The fourth-order valence-electron chi connectivity index (χ4n) is 1.18.